The molecule has 0 atom stereocenters. The second-order valence-corrected chi connectivity index (χ2v) is 3.74. The largest absolute Gasteiger partial charge is 0.494 e. The molecule has 0 saturated heterocycles. The van der Waals surface area contributed by atoms with Gasteiger partial charge in [0.05, 0.1) is 18.9 Å². The lowest BCUT2D eigenvalue weighted by molar-refractivity contribution is 0.210. The van der Waals surface area contributed by atoms with Crippen LogP contribution < -0.4 is 10.2 Å². The lowest BCUT2D eigenvalue weighted by atomic mass is 10.3. The molecule has 1 N–H and O–H groups in total. The summed E-state index contributed by atoms with van der Waals surface area (Å²) >= 11 is 3.36. The first-order valence-electron chi connectivity index (χ1n) is 5.03. The molecule has 0 aliphatic rings. The van der Waals surface area contributed by atoms with Gasteiger partial charge in [0, 0.05) is 5.33 Å². The van der Waals surface area contributed by atoms with Crippen LogP contribution in [0.2, 0.25) is 0 Å². The fourth-order valence-electron chi connectivity index (χ4n) is 1.02. The van der Waals surface area contributed by atoms with E-state index >= 15 is 0 Å². The smallest absolute Gasteiger partial charge is 0.119 e. The van der Waals surface area contributed by atoms with Crippen LogP contribution in [-0.2, 0) is 4.84 Å². The Morgan fingerprint density at radius 1 is 1.27 bits per heavy atom. The highest BCUT2D eigenvalue weighted by molar-refractivity contribution is 9.09. The van der Waals surface area contributed by atoms with E-state index in [2.05, 4.69) is 21.4 Å². The third-order valence-corrected chi connectivity index (χ3v) is 2.30. The van der Waals surface area contributed by atoms with Crippen molar-refractivity contribution in [2.45, 2.75) is 13.3 Å². The van der Waals surface area contributed by atoms with Crippen LogP contribution in [0.4, 0.5) is 5.69 Å². The molecule has 0 aromatic heterocycles. The first-order chi connectivity index (χ1) is 7.36. The van der Waals surface area contributed by atoms with Crippen molar-refractivity contribution in [2.24, 2.45) is 0 Å². The van der Waals surface area contributed by atoms with Crippen LogP contribution in [0.25, 0.3) is 0 Å². The van der Waals surface area contributed by atoms with Crippen molar-refractivity contribution in [3.8, 4) is 5.75 Å². The topological polar surface area (TPSA) is 30.5 Å². The highest BCUT2D eigenvalue weighted by atomic mass is 79.9. The molecule has 1 aromatic carbocycles. The molecule has 4 heteroatoms. The molecule has 0 heterocycles. The van der Waals surface area contributed by atoms with Gasteiger partial charge in [0.1, 0.15) is 5.75 Å². The van der Waals surface area contributed by atoms with Crippen molar-refractivity contribution in [3.05, 3.63) is 24.3 Å². The number of alkyl halides is 1. The molecular weight excluding hydrogens is 258 g/mol. The summed E-state index contributed by atoms with van der Waals surface area (Å²) in [7, 11) is 0. The first kappa shape index (κ1) is 12.3. The molecule has 3 nitrogen and oxygen atoms in total. The Morgan fingerprint density at radius 2 is 2.00 bits per heavy atom. The first-order valence-corrected chi connectivity index (χ1v) is 6.15. The van der Waals surface area contributed by atoms with Crippen LogP contribution in [0.5, 0.6) is 5.75 Å². The van der Waals surface area contributed by atoms with Gasteiger partial charge in [-0.05, 0) is 37.6 Å². The van der Waals surface area contributed by atoms with Crippen molar-refractivity contribution in [1.29, 1.82) is 0 Å². The molecule has 1 rings (SSSR count). The number of anilines is 1. The predicted molar refractivity (Wildman–Crippen MR) is 65.6 cm³/mol. The van der Waals surface area contributed by atoms with Crippen molar-refractivity contribution < 1.29 is 9.57 Å². The Balaban J connectivity index is 2.35. The summed E-state index contributed by atoms with van der Waals surface area (Å²) in [5, 5.41) is 0.969. The van der Waals surface area contributed by atoms with Crippen LogP contribution in [0, 0.1) is 0 Å². The number of halogens is 1. The predicted octanol–water partition coefficient (Wildman–Crippen LogP) is 3.21. The van der Waals surface area contributed by atoms with E-state index in [0.717, 1.165) is 29.8 Å². The molecule has 15 heavy (non-hydrogen) atoms. The summed E-state index contributed by atoms with van der Waals surface area (Å²) in [6, 6.07) is 7.71. The lowest BCUT2D eigenvalue weighted by Gasteiger charge is -2.07. The van der Waals surface area contributed by atoms with Crippen LogP contribution in [-0.4, -0.2) is 18.5 Å². The van der Waals surface area contributed by atoms with Gasteiger partial charge < -0.3 is 4.74 Å². The zero-order valence-corrected chi connectivity index (χ0v) is 10.4. The van der Waals surface area contributed by atoms with Crippen LogP contribution >= 0.6 is 15.9 Å². The molecule has 84 valence electrons. The van der Waals surface area contributed by atoms with E-state index in [1.807, 2.05) is 31.2 Å². The van der Waals surface area contributed by atoms with E-state index in [9.17, 15) is 0 Å². The van der Waals surface area contributed by atoms with Gasteiger partial charge in [-0.3, -0.25) is 10.3 Å². The van der Waals surface area contributed by atoms with Gasteiger partial charge in [-0.25, -0.2) is 0 Å². The Kier molecular flexibility index (Phi) is 6.20. The maximum Gasteiger partial charge on any atom is 0.119 e. The number of rotatable bonds is 7. The lowest BCUT2D eigenvalue weighted by Crippen LogP contribution is -2.00. The second-order valence-electron chi connectivity index (χ2n) is 2.95. The molecular formula is C11H16BrNO2. The van der Waals surface area contributed by atoms with E-state index in [1.165, 1.54) is 0 Å². The number of nitrogens with one attached hydrogen (secondary N) is 1. The quantitative estimate of drug-likeness (QED) is 0.470. The van der Waals surface area contributed by atoms with E-state index in [4.69, 9.17) is 9.57 Å². The number of ether oxygens (including phenoxy) is 1. The number of hydrogen-bond acceptors (Lipinski definition) is 3. The second kappa shape index (κ2) is 7.54. The Labute approximate surface area is 98.9 Å². The molecule has 0 amide bonds. The van der Waals surface area contributed by atoms with Crippen molar-refractivity contribution >= 4 is 21.6 Å². The monoisotopic (exact) mass is 273 g/mol. The van der Waals surface area contributed by atoms with Crippen molar-refractivity contribution in [2.75, 3.05) is 24.0 Å². The molecule has 0 unspecified atom stereocenters. The summed E-state index contributed by atoms with van der Waals surface area (Å²) < 4.78 is 5.51. The molecule has 0 bridgehead atoms. The zero-order chi connectivity index (χ0) is 10.9. The van der Waals surface area contributed by atoms with Crippen molar-refractivity contribution in [3.63, 3.8) is 0 Å². The van der Waals surface area contributed by atoms with E-state index < -0.39 is 0 Å². The van der Waals surface area contributed by atoms with Crippen molar-refractivity contribution in [1.82, 2.24) is 0 Å². The minimum atomic E-state index is 0.642. The van der Waals surface area contributed by atoms with Gasteiger partial charge in [-0.1, -0.05) is 15.9 Å². The molecule has 0 aliphatic carbocycles. The van der Waals surface area contributed by atoms with Gasteiger partial charge in [0.15, 0.2) is 0 Å². The maximum absolute atomic E-state index is 5.51. The van der Waals surface area contributed by atoms with Gasteiger partial charge in [-0.15, -0.1) is 0 Å². The standard InChI is InChI=1S/C11H16BrNO2/c1-2-15-13-10-4-6-11(7-5-10)14-9-3-8-12/h4-7,13H,2-3,8-9H2,1H3. The maximum atomic E-state index is 5.51. The van der Waals surface area contributed by atoms with Gasteiger partial charge >= 0.3 is 0 Å². The normalized spacial score (nSPS) is 10.0. The van der Waals surface area contributed by atoms with E-state index in [-0.39, 0.29) is 0 Å². The van der Waals surface area contributed by atoms with E-state index in [0.29, 0.717) is 6.61 Å². The fourth-order valence-corrected chi connectivity index (χ4v) is 1.25. The van der Waals surface area contributed by atoms with Crippen LogP contribution in [0.1, 0.15) is 13.3 Å². The van der Waals surface area contributed by atoms with Crippen LogP contribution in [0.3, 0.4) is 0 Å². The summed E-state index contributed by atoms with van der Waals surface area (Å²) in [6.07, 6.45) is 1.01. The third kappa shape index (κ3) is 5.04. The fraction of sp³-hybridized carbons (Fsp3) is 0.455. The zero-order valence-electron chi connectivity index (χ0n) is 8.83. The van der Waals surface area contributed by atoms with Crippen LogP contribution in [0.15, 0.2) is 24.3 Å². The molecule has 0 radical (unpaired) electrons. The molecule has 1 aromatic rings. The van der Waals surface area contributed by atoms with Gasteiger partial charge in [0.2, 0.25) is 0 Å². The summed E-state index contributed by atoms with van der Waals surface area (Å²) in [5.41, 5.74) is 3.76. The highest BCUT2D eigenvalue weighted by Crippen LogP contribution is 2.15. The molecule has 0 spiro atoms. The third-order valence-electron chi connectivity index (χ3n) is 1.74. The highest BCUT2D eigenvalue weighted by Gasteiger charge is 1.94. The van der Waals surface area contributed by atoms with Gasteiger partial charge in [0.25, 0.3) is 0 Å². The Bertz CT molecular complexity index is 264. The summed E-state index contributed by atoms with van der Waals surface area (Å²) in [6.45, 7) is 3.32. The average molecular weight is 274 g/mol. The SMILES string of the molecule is CCONc1ccc(OCCCBr)cc1. The summed E-state index contributed by atoms with van der Waals surface area (Å²) in [4.78, 5) is 5.06. The molecule has 0 saturated carbocycles. The minimum Gasteiger partial charge on any atom is -0.494 e. The molecule has 0 aliphatic heterocycles. The van der Waals surface area contributed by atoms with Gasteiger partial charge in [-0.2, -0.15) is 0 Å². The Hall–Kier alpha value is -0.740. The number of benzene rings is 1. The minimum absolute atomic E-state index is 0.642. The molecule has 0 fully saturated rings. The Morgan fingerprint density at radius 3 is 2.60 bits per heavy atom. The van der Waals surface area contributed by atoms with E-state index in [1.54, 1.807) is 0 Å². The number of hydrogen-bond donors (Lipinski definition) is 1. The average Bonchev–Trinajstić information content (AvgIpc) is 2.28. The summed E-state index contributed by atoms with van der Waals surface area (Å²) in [5.74, 6) is 0.887.